The van der Waals surface area contributed by atoms with Gasteiger partial charge in [-0.25, -0.2) is 0 Å². The number of ether oxygens (including phenoxy) is 1. The van der Waals surface area contributed by atoms with Gasteiger partial charge in [0.1, 0.15) is 0 Å². The van der Waals surface area contributed by atoms with Crippen molar-refractivity contribution in [1.29, 1.82) is 0 Å². The van der Waals surface area contributed by atoms with Crippen LogP contribution in [-0.2, 0) is 17.8 Å². The van der Waals surface area contributed by atoms with Crippen LogP contribution >= 0.6 is 11.3 Å². The molecule has 128 valence electrons. The van der Waals surface area contributed by atoms with Crippen molar-refractivity contribution in [1.82, 2.24) is 10.2 Å². The SMILES string of the molecule is C[C@H]1CN(Cc2ccccc2CNC(=O)c2ccsc2)C[C@H](C)O1. The molecule has 0 bridgehead atoms. The molecule has 1 N–H and O–H groups in total. The average molecular weight is 344 g/mol. The summed E-state index contributed by atoms with van der Waals surface area (Å²) in [5.74, 6) is -0.0142. The Kier molecular flexibility index (Phi) is 5.66. The normalized spacial score (nSPS) is 21.6. The van der Waals surface area contributed by atoms with Crippen LogP contribution in [-0.4, -0.2) is 36.1 Å². The Bertz CT molecular complexity index is 662. The van der Waals surface area contributed by atoms with Crippen LogP contribution in [0.2, 0.25) is 0 Å². The van der Waals surface area contributed by atoms with E-state index in [2.05, 4.69) is 42.3 Å². The fraction of sp³-hybridized carbons (Fsp3) is 0.421. The molecule has 1 aromatic heterocycles. The van der Waals surface area contributed by atoms with Crippen molar-refractivity contribution < 1.29 is 9.53 Å². The lowest BCUT2D eigenvalue weighted by molar-refractivity contribution is -0.0705. The lowest BCUT2D eigenvalue weighted by Crippen LogP contribution is -2.45. The van der Waals surface area contributed by atoms with Gasteiger partial charge >= 0.3 is 0 Å². The first-order chi connectivity index (χ1) is 11.6. The van der Waals surface area contributed by atoms with Gasteiger partial charge in [0, 0.05) is 37.1 Å². The monoisotopic (exact) mass is 344 g/mol. The highest BCUT2D eigenvalue weighted by Crippen LogP contribution is 2.17. The van der Waals surface area contributed by atoms with Crippen LogP contribution in [0.3, 0.4) is 0 Å². The summed E-state index contributed by atoms with van der Waals surface area (Å²) in [6.07, 6.45) is 0.526. The van der Waals surface area contributed by atoms with Gasteiger partial charge in [-0.3, -0.25) is 9.69 Å². The van der Waals surface area contributed by atoms with E-state index in [9.17, 15) is 4.79 Å². The Balaban J connectivity index is 1.63. The predicted octanol–water partition coefficient (Wildman–Crippen LogP) is 3.29. The van der Waals surface area contributed by atoms with Crippen LogP contribution in [0, 0.1) is 0 Å². The summed E-state index contributed by atoms with van der Waals surface area (Å²) >= 11 is 1.54. The van der Waals surface area contributed by atoms with Crippen LogP contribution in [0.1, 0.15) is 35.3 Å². The van der Waals surface area contributed by atoms with E-state index in [1.807, 2.05) is 22.9 Å². The first kappa shape index (κ1) is 17.1. The second-order valence-corrected chi connectivity index (χ2v) is 7.19. The van der Waals surface area contributed by atoms with Crippen LogP contribution < -0.4 is 5.32 Å². The zero-order chi connectivity index (χ0) is 16.9. The quantitative estimate of drug-likeness (QED) is 0.905. The Morgan fingerprint density at radius 2 is 1.92 bits per heavy atom. The van der Waals surface area contributed by atoms with E-state index in [1.54, 1.807) is 0 Å². The van der Waals surface area contributed by atoms with Gasteiger partial charge in [0.15, 0.2) is 0 Å². The Morgan fingerprint density at radius 1 is 1.21 bits per heavy atom. The summed E-state index contributed by atoms with van der Waals surface area (Å²) in [6, 6.07) is 10.2. The number of morpholine rings is 1. The van der Waals surface area contributed by atoms with E-state index in [0.29, 0.717) is 6.54 Å². The molecule has 0 saturated carbocycles. The molecule has 1 amide bonds. The van der Waals surface area contributed by atoms with E-state index < -0.39 is 0 Å². The van der Waals surface area contributed by atoms with Crippen molar-refractivity contribution in [3.05, 3.63) is 57.8 Å². The summed E-state index contributed by atoms with van der Waals surface area (Å²) < 4.78 is 5.81. The van der Waals surface area contributed by atoms with E-state index in [0.717, 1.165) is 25.2 Å². The van der Waals surface area contributed by atoms with Gasteiger partial charge in [0.05, 0.1) is 12.2 Å². The first-order valence-electron chi connectivity index (χ1n) is 8.37. The summed E-state index contributed by atoms with van der Waals surface area (Å²) in [6.45, 7) is 7.58. The molecule has 0 radical (unpaired) electrons. The highest BCUT2D eigenvalue weighted by molar-refractivity contribution is 7.08. The summed E-state index contributed by atoms with van der Waals surface area (Å²) in [5, 5.41) is 6.81. The van der Waals surface area contributed by atoms with Crippen molar-refractivity contribution in [2.45, 2.75) is 39.1 Å². The Labute approximate surface area is 147 Å². The molecule has 3 rings (SSSR count). The zero-order valence-corrected chi connectivity index (χ0v) is 15.0. The number of hydrogen-bond donors (Lipinski definition) is 1. The van der Waals surface area contributed by atoms with Gasteiger partial charge in [0.25, 0.3) is 5.91 Å². The number of nitrogens with one attached hydrogen (secondary N) is 1. The molecule has 2 aromatic rings. The summed E-state index contributed by atoms with van der Waals surface area (Å²) in [4.78, 5) is 14.6. The summed E-state index contributed by atoms with van der Waals surface area (Å²) in [5.41, 5.74) is 3.17. The molecule has 24 heavy (non-hydrogen) atoms. The number of amides is 1. The molecule has 1 aliphatic heterocycles. The highest BCUT2D eigenvalue weighted by atomic mass is 32.1. The van der Waals surface area contributed by atoms with E-state index >= 15 is 0 Å². The van der Waals surface area contributed by atoms with E-state index in [1.165, 1.54) is 22.5 Å². The summed E-state index contributed by atoms with van der Waals surface area (Å²) in [7, 11) is 0. The van der Waals surface area contributed by atoms with Gasteiger partial charge in [-0.05, 0) is 36.4 Å². The third kappa shape index (κ3) is 4.44. The smallest absolute Gasteiger partial charge is 0.252 e. The van der Waals surface area contributed by atoms with Crippen LogP contribution in [0.15, 0.2) is 41.1 Å². The molecule has 5 heteroatoms. The molecule has 1 aliphatic rings. The molecule has 2 heterocycles. The second kappa shape index (κ2) is 7.92. The molecule has 2 atom stereocenters. The lowest BCUT2D eigenvalue weighted by Gasteiger charge is -2.35. The predicted molar refractivity (Wildman–Crippen MR) is 97.2 cm³/mol. The molecule has 1 fully saturated rings. The minimum atomic E-state index is -0.0142. The highest BCUT2D eigenvalue weighted by Gasteiger charge is 2.22. The van der Waals surface area contributed by atoms with Gasteiger partial charge in [-0.2, -0.15) is 11.3 Å². The maximum atomic E-state index is 12.1. The van der Waals surface area contributed by atoms with Crippen molar-refractivity contribution in [3.63, 3.8) is 0 Å². The Morgan fingerprint density at radius 3 is 2.58 bits per heavy atom. The topological polar surface area (TPSA) is 41.6 Å². The maximum absolute atomic E-state index is 12.1. The number of carbonyl (C=O) groups excluding carboxylic acids is 1. The fourth-order valence-electron chi connectivity index (χ4n) is 3.21. The fourth-order valence-corrected chi connectivity index (χ4v) is 3.85. The van der Waals surface area contributed by atoms with E-state index in [4.69, 9.17) is 4.74 Å². The zero-order valence-electron chi connectivity index (χ0n) is 14.2. The molecular weight excluding hydrogens is 320 g/mol. The first-order valence-corrected chi connectivity index (χ1v) is 9.31. The number of rotatable bonds is 5. The van der Waals surface area contributed by atoms with Gasteiger partial charge in [-0.1, -0.05) is 24.3 Å². The maximum Gasteiger partial charge on any atom is 0.252 e. The number of carbonyl (C=O) groups is 1. The molecule has 0 aliphatic carbocycles. The molecule has 0 unspecified atom stereocenters. The second-order valence-electron chi connectivity index (χ2n) is 6.41. The van der Waals surface area contributed by atoms with Crippen molar-refractivity contribution >= 4 is 17.2 Å². The van der Waals surface area contributed by atoms with Crippen LogP contribution in [0.25, 0.3) is 0 Å². The van der Waals surface area contributed by atoms with Crippen molar-refractivity contribution in [2.24, 2.45) is 0 Å². The molecule has 0 spiro atoms. The number of nitrogens with zero attached hydrogens (tertiary/aromatic N) is 1. The van der Waals surface area contributed by atoms with Crippen LogP contribution in [0.4, 0.5) is 0 Å². The minimum Gasteiger partial charge on any atom is -0.373 e. The number of hydrogen-bond acceptors (Lipinski definition) is 4. The largest absolute Gasteiger partial charge is 0.373 e. The third-order valence-corrected chi connectivity index (χ3v) is 4.91. The number of benzene rings is 1. The van der Waals surface area contributed by atoms with Gasteiger partial charge < -0.3 is 10.1 Å². The average Bonchev–Trinajstić information content (AvgIpc) is 3.07. The van der Waals surface area contributed by atoms with Crippen LogP contribution in [0.5, 0.6) is 0 Å². The van der Waals surface area contributed by atoms with Gasteiger partial charge in [-0.15, -0.1) is 0 Å². The molecular formula is C19H24N2O2S. The lowest BCUT2D eigenvalue weighted by atomic mass is 10.1. The van der Waals surface area contributed by atoms with E-state index in [-0.39, 0.29) is 18.1 Å². The minimum absolute atomic E-state index is 0.0142. The molecule has 1 aromatic carbocycles. The molecule has 1 saturated heterocycles. The Hall–Kier alpha value is -1.69. The van der Waals surface area contributed by atoms with Gasteiger partial charge in [0.2, 0.25) is 0 Å². The van der Waals surface area contributed by atoms with Crippen molar-refractivity contribution in [3.8, 4) is 0 Å². The van der Waals surface area contributed by atoms with Crippen molar-refractivity contribution in [2.75, 3.05) is 13.1 Å². The number of thiophene rings is 1. The molecule has 4 nitrogen and oxygen atoms in total. The third-order valence-electron chi connectivity index (χ3n) is 4.23. The standard InChI is InChI=1S/C19H24N2O2S/c1-14-10-21(11-15(2)23-14)12-17-6-4-3-5-16(17)9-20-19(22)18-7-8-24-13-18/h3-8,13-15H,9-12H2,1-2H3,(H,20,22)/t14-,15-/m0/s1.